The van der Waals surface area contributed by atoms with E-state index in [1.807, 2.05) is 75.0 Å². The molecule has 30 heavy (non-hydrogen) atoms. The molecule has 0 fully saturated rings. The van der Waals surface area contributed by atoms with Crippen LogP contribution in [-0.2, 0) is 23.1 Å². The molecule has 0 saturated carbocycles. The summed E-state index contributed by atoms with van der Waals surface area (Å²) in [5, 5.41) is 2.96. The van der Waals surface area contributed by atoms with Gasteiger partial charge in [0.15, 0.2) is 0 Å². The molecule has 164 valence electrons. The molecule has 1 aromatic carbocycles. The lowest BCUT2D eigenvalue weighted by atomic mass is 10.2. The molecule has 1 atom stereocenters. The number of aromatic nitrogens is 1. The Labute approximate surface area is 179 Å². The smallest absolute Gasteiger partial charge is 0.322 e. The number of nitrogens with one attached hydrogen (secondary N) is 1. The number of carbonyl (C=O) groups is 2. The first-order chi connectivity index (χ1) is 14.4. The van der Waals surface area contributed by atoms with E-state index in [4.69, 9.17) is 4.74 Å². The van der Waals surface area contributed by atoms with Crippen molar-refractivity contribution in [2.24, 2.45) is 7.05 Å². The highest BCUT2D eigenvalue weighted by molar-refractivity contribution is 5.93. The Morgan fingerprint density at radius 3 is 2.53 bits per heavy atom. The lowest BCUT2D eigenvalue weighted by Gasteiger charge is -2.31. The number of hydrogen-bond acceptors (Lipinski definition) is 3. The van der Waals surface area contributed by atoms with Gasteiger partial charge in [-0.05, 0) is 44.0 Å². The van der Waals surface area contributed by atoms with Crippen molar-refractivity contribution in [1.82, 2.24) is 14.4 Å². The molecule has 0 aliphatic rings. The minimum atomic E-state index is -0.266. The van der Waals surface area contributed by atoms with Crippen LogP contribution in [0.1, 0.15) is 31.5 Å². The summed E-state index contributed by atoms with van der Waals surface area (Å²) in [5.41, 5.74) is 2.76. The first-order valence-electron chi connectivity index (χ1n) is 10.4. The van der Waals surface area contributed by atoms with E-state index in [1.165, 1.54) is 0 Å². The Morgan fingerprint density at radius 2 is 1.93 bits per heavy atom. The van der Waals surface area contributed by atoms with Crippen LogP contribution in [0.5, 0.6) is 0 Å². The van der Waals surface area contributed by atoms with Gasteiger partial charge in [0.25, 0.3) is 0 Å². The van der Waals surface area contributed by atoms with Crippen LogP contribution in [0.2, 0.25) is 0 Å². The van der Waals surface area contributed by atoms with Crippen LogP contribution in [-0.4, -0.2) is 59.2 Å². The van der Waals surface area contributed by atoms with Crippen molar-refractivity contribution in [2.45, 2.75) is 39.8 Å². The molecular weight excluding hydrogens is 380 g/mol. The Morgan fingerprint density at radius 1 is 1.20 bits per heavy atom. The van der Waals surface area contributed by atoms with Gasteiger partial charge in [-0.3, -0.25) is 4.79 Å². The number of urea groups is 1. The van der Waals surface area contributed by atoms with E-state index in [9.17, 15) is 9.59 Å². The number of aryl methyl sites for hydroxylation is 2. The van der Waals surface area contributed by atoms with E-state index in [-0.39, 0.29) is 24.5 Å². The van der Waals surface area contributed by atoms with Crippen LogP contribution in [0.4, 0.5) is 10.5 Å². The van der Waals surface area contributed by atoms with Gasteiger partial charge in [-0.25, -0.2) is 4.79 Å². The van der Waals surface area contributed by atoms with E-state index in [0.29, 0.717) is 19.7 Å². The molecule has 0 saturated heterocycles. The number of nitrogens with zero attached hydrogens (tertiary/aromatic N) is 3. The first kappa shape index (κ1) is 23.5. The van der Waals surface area contributed by atoms with Gasteiger partial charge >= 0.3 is 6.03 Å². The van der Waals surface area contributed by atoms with Crippen LogP contribution < -0.4 is 5.32 Å². The molecule has 7 heteroatoms. The minimum absolute atomic E-state index is 0.0147. The quantitative estimate of drug-likeness (QED) is 0.645. The fourth-order valence-electron chi connectivity index (χ4n) is 3.14. The maximum atomic E-state index is 13.2. The van der Waals surface area contributed by atoms with Gasteiger partial charge < -0.3 is 24.4 Å². The van der Waals surface area contributed by atoms with E-state index in [1.54, 1.807) is 16.9 Å². The predicted octanol–water partition coefficient (Wildman–Crippen LogP) is 3.64. The van der Waals surface area contributed by atoms with Gasteiger partial charge in [0.05, 0.1) is 13.2 Å². The van der Waals surface area contributed by atoms with E-state index in [0.717, 1.165) is 23.4 Å². The summed E-state index contributed by atoms with van der Waals surface area (Å²) in [6, 6.07) is 11.2. The van der Waals surface area contributed by atoms with Crippen molar-refractivity contribution in [3.05, 3.63) is 53.9 Å². The normalized spacial score (nSPS) is 11.8. The van der Waals surface area contributed by atoms with Crippen molar-refractivity contribution in [3.8, 4) is 0 Å². The molecule has 0 unspecified atom stereocenters. The van der Waals surface area contributed by atoms with Crippen molar-refractivity contribution in [2.75, 3.05) is 32.1 Å². The maximum Gasteiger partial charge on any atom is 0.322 e. The molecule has 3 amide bonds. The summed E-state index contributed by atoms with van der Waals surface area (Å²) in [6.07, 6.45) is 2.71. The molecule has 0 radical (unpaired) electrons. The Hall–Kier alpha value is -2.80. The van der Waals surface area contributed by atoms with Crippen LogP contribution >= 0.6 is 0 Å². The van der Waals surface area contributed by atoms with Crippen LogP contribution in [0.25, 0.3) is 0 Å². The van der Waals surface area contributed by atoms with E-state index in [2.05, 4.69) is 5.32 Å². The van der Waals surface area contributed by atoms with Crippen molar-refractivity contribution in [1.29, 1.82) is 0 Å². The van der Waals surface area contributed by atoms with E-state index < -0.39 is 0 Å². The summed E-state index contributed by atoms with van der Waals surface area (Å²) >= 11 is 0. The summed E-state index contributed by atoms with van der Waals surface area (Å²) in [6.45, 7) is 7.31. The van der Waals surface area contributed by atoms with Crippen LogP contribution in [0.3, 0.4) is 0 Å². The average Bonchev–Trinajstić information content (AvgIpc) is 3.14. The first-order valence-corrected chi connectivity index (χ1v) is 10.4. The van der Waals surface area contributed by atoms with Gasteiger partial charge in [-0.2, -0.15) is 0 Å². The molecular formula is C23H34N4O3. The van der Waals surface area contributed by atoms with Crippen molar-refractivity contribution >= 4 is 17.6 Å². The summed E-state index contributed by atoms with van der Waals surface area (Å²) in [5.74, 6) is -0.103. The molecule has 2 rings (SSSR count). The predicted molar refractivity (Wildman–Crippen MR) is 119 cm³/mol. The largest absolute Gasteiger partial charge is 0.383 e. The Kier molecular flexibility index (Phi) is 8.92. The highest BCUT2D eigenvalue weighted by Crippen LogP contribution is 2.16. The number of ether oxygens (including phenoxy) is 1. The van der Waals surface area contributed by atoms with Gasteiger partial charge in [0.1, 0.15) is 6.54 Å². The zero-order valence-electron chi connectivity index (χ0n) is 18.7. The van der Waals surface area contributed by atoms with Gasteiger partial charge in [-0.1, -0.05) is 25.1 Å². The standard InChI is InChI=1S/C23H34N4O3/c1-6-19(3)27(23(29)24-21-12-8-7-10-18(21)2)17-22(28)26(14-15-30-5)16-20-11-9-13-25(20)4/h7-13,19H,6,14-17H2,1-5H3,(H,24,29)/t19-/m1/s1. The monoisotopic (exact) mass is 414 g/mol. The van der Waals surface area contributed by atoms with Crippen molar-refractivity contribution in [3.63, 3.8) is 0 Å². The summed E-state index contributed by atoms with van der Waals surface area (Å²) in [4.78, 5) is 29.6. The third-order valence-corrected chi connectivity index (χ3v) is 5.40. The highest BCUT2D eigenvalue weighted by Gasteiger charge is 2.25. The number of hydrogen-bond donors (Lipinski definition) is 1. The van der Waals surface area contributed by atoms with Gasteiger partial charge in [0.2, 0.25) is 5.91 Å². The number of benzene rings is 1. The fourth-order valence-corrected chi connectivity index (χ4v) is 3.14. The average molecular weight is 415 g/mol. The van der Waals surface area contributed by atoms with Gasteiger partial charge in [-0.15, -0.1) is 0 Å². The van der Waals surface area contributed by atoms with Crippen LogP contribution in [0.15, 0.2) is 42.6 Å². The SMILES string of the molecule is CC[C@@H](C)N(CC(=O)N(CCOC)Cc1cccn1C)C(=O)Nc1ccccc1C. The van der Waals surface area contributed by atoms with Gasteiger partial charge in [0, 0.05) is 44.3 Å². The highest BCUT2D eigenvalue weighted by atomic mass is 16.5. The molecule has 0 aliphatic heterocycles. The molecule has 0 bridgehead atoms. The van der Waals surface area contributed by atoms with Crippen LogP contribution in [0, 0.1) is 6.92 Å². The second-order valence-corrected chi connectivity index (χ2v) is 7.55. The maximum absolute atomic E-state index is 13.2. The second-order valence-electron chi connectivity index (χ2n) is 7.55. The topological polar surface area (TPSA) is 66.8 Å². The molecule has 0 aliphatic carbocycles. The number of para-hydroxylation sites is 1. The molecule has 1 N–H and O–H groups in total. The zero-order valence-corrected chi connectivity index (χ0v) is 18.7. The lowest BCUT2D eigenvalue weighted by molar-refractivity contribution is -0.133. The Bertz CT molecular complexity index is 833. The molecule has 1 heterocycles. The molecule has 2 aromatic rings. The molecule has 0 spiro atoms. The number of rotatable bonds is 10. The number of methoxy groups -OCH3 is 1. The molecule has 7 nitrogen and oxygen atoms in total. The number of anilines is 1. The lowest BCUT2D eigenvalue weighted by Crippen LogP contribution is -2.48. The third-order valence-electron chi connectivity index (χ3n) is 5.40. The Balaban J connectivity index is 2.15. The number of carbonyl (C=O) groups excluding carboxylic acids is 2. The number of amides is 3. The summed E-state index contributed by atoms with van der Waals surface area (Å²) in [7, 11) is 3.57. The van der Waals surface area contributed by atoms with Crippen molar-refractivity contribution < 1.29 is 14.3 Å². The minimum Gasteiger partial charge on any atom is -0.383 e. The third kappa shape index (κ3) is 6.35. The summed E-state index contributed by atoms with van der Waals surface area (Å²) < 4.78 is 7.18. The fraction of sp³-hybridized carbons (Fsp3) is 0.478. The zero-order chi connectivity index (χ0) is 22.1. The van der Waals surface area contributed by atoms with E-state index >= 15 is 0 Å². The molecule has 1 aromatic heterocycles. The second kappa shape index (κ2) is 11.4.